The van der Waals surface area contributed by atoms with Gasteiger partial charge in [-0.25, -0.2) is 15.0 Å². The minimum absolute atomic E-state index is 0.00409. The molecule has 0 atom stereocenters. The number of aryl methyl sites for hydroxylation is 1. The third-order valence-electron chi connectivity index (χ3n) is 4.62. The fourth-order valence-corrected chi connectivity index (χ4v) is 3.18. The van der Waals surface area contributed by atoms with E-state index >= 15 is 0 Å². The molecule has 0 radical (unpaired) electrons. The molecule has 0 bridgehead atoms. The standard InChI is InChI=1S/C19H22N6O2/c1-14-3-4-15-16(11-14)23-17(22-15)12-27-13-18(26)24-7-9-25(10-8-24)19-20-5-2-6-21-19/h2-6,11H,7-10,12-13H2,1H3,(H,22,23). The van der Waals surface area contributed by atoms with Crippen molar-refractivity contribution in [2.75, 3.05) is 37.7 Å². The number of amides is 1. The van der Waals surface area contributed by atoms with Gasteiger partial charge in [-0.3, -0.25) is 4.79 Å². The van der Waals surface area contributed by atoms with E-state index < -0.39 is 0 Å². The molecule has 3 aromatic rings. The molecule has 3 heterocycles. The van der Waals surface area contributed by atoms with Gasteiger partial charge < -0.3 is 19.5 Å². The van der Waals surface area contributed by atoms with E-state index in [0.717, 1.165) is 29.9 Å². The van der Waals surface area contributed by atoms with Gasteiger partial charge in [-0.15, -0.1) is 0 Å². The molecule has 1 amide bonds. The van der Waals surface area contributed by atoms with Crippen molar-refractivity contribution in [3.8, 4) is 0 Å². The lowest BCUT2D eigenvalue weighted by Crippen LogP contribution is -2.50. The first kappa shape index (κ1) is 17.4. The van der Waals surface area contributed by atoms with E-state index in [1.165, 1.54) is 5.56 Å². The SMILES string of the molecule is Cc1ccc2nc(COCC(=O)N3CCN(c4ncccn4)CC3)[nH]c2c1. The number of aromatic amines is 1. The number of H-pyrrole nitrogens is 1. The molecule has 1 aromatic carbocycles. The van der Waals surface area contributed by atoms with Crippen LogP contribution < -0.4 is 4.90 Å². The van der Waals surface area contributed by atoms with Gasteiger partial charge in [0.25, 0.3) is 0 Å². The Bertz CT molecular complexity index is 918. The number of carbonyl (C=O) groups excluding carboxylic acids is 1. The summed E-state index contributed by atoms with van der Waals surface area (Å²) < 4.78 is 5.58. The number of ether oxygens (including phenoxy) is 1. The van der Waals surface area contributed by atoms with Gasteiger partial charge >= 0.3 is 0 Å². The molecule has 4 rings (SSSR count). The van der Waals surface area contributed by atoms with Crippen molar-refractivity contribution < 1.29 is 9.53 Å². The zero-order valence-electron chi connectivity index (χ0n) is 15.3. The van der Waals surface area contributed by atoms with E-state index in [-0.39, 0.29) is 19.1 Å². The molecule has 27 heavy (non-hydrogen) atoms. The van der Waals surface area contributed by atoms with Crippen LogP contribution in [0.4, 0.5) is 5.95 Å². The highest BCUT2D eigenvalue weighted by atomic mass is 16.5. The van der Waals surface area contributed by atoms with Crippen LogP contribution in [-0.2, 0) is 16.1 Å². The molecule has 1 aliphatic rings. The number of piperazine rings is 1. The Balaban J connectivity index is 1.25. The third-order valence-corrected chi connectivity index (χ3v) is 4.62. The molecule has 8 nitrogen and oxygen atoms in total. The number of carbonyl (C=O) groups is 1. The summed E-state index contributed by atoms with van der Waals surface area (Å²) >= 11 is 0. The molecule has 1 aliphatic heterocycles. The number of nitrogens with one attached hydrogen (secondary N) is 1. The average molecular weight is 366 g/mol. The van der Waals surface area contributed by atoms with Gasteiger partial charge in [0, 0.05) is 38.6 Å². The highest BCUT2D eigenvalue weighted by Gasteiger charge is 2.22. The highest BCUT2D eigenvalue weighted by molar-refractivity contribution is 5.78. The number of hydrogen-bond donors (Lipinski definition) is 1. The summed E-state index contributed by atoms with van der Waals surface area (Å²) in [5.74, 6) is 1.44. The quantitative estimate of drug-likeness (QED) is 0.737. The van der Waals surface area contributed by atoms with Crippen LogP contribution in [0.5, 0.6) is 0 Å². The second-order valence-corrected chi connectivity index (χ2v) is 6.61. The van der Waals surface area contributed by atoms with Gasteiger partial charge in [0.05, 0.1) is 11.0 Å². The Kier molecular flexibility index (Phi) is 4.97. The summed E-state index contributed by atoms with van der Waals surface area (Å²) in [5.41, 5.74) is 3.07. The zero-order valence-corrected chi connectivity index (χ0v) is 15.3. The Labute approximate surface area is 157 Å². The van der Waals surface area contributed by atoms with Gasteiger partial charge in [0.2, 0.25) is 11.9 Å². The number of hydrogen-bond acceptors (Lipinski definition) is 6. The molecule has 1 saturated heterocycles. The monoisotopic (exact) mass is 366 g/mol. The largest absolute Gasteiger partial charge is 0.364 e. The second-order valence-electron chi connectivity index (χ2n) is 6.61. The predicted octanol–water partition coefficient (Wildman–Crippen LogP) is 1.53. The minimum Gasteiger partial charge on any atom is -0.364 e. The van der Waals surface area contributed by atoms with Crippen molar-refractivity contribution >= 4 is 22.9 Å². The smallest absolute Gasteiger partial charge is 0.248 e. The summed E-state index contributed by atoms with van der Waals surface area (Å²) in [4.78, 5) is 32.5. The Morgan fingerprint density at radius 1 is 1.19 bits per heavy atom. The molecule has 0 spiro atoms. The topological polar surface area (TPSA) is 87.2 Å². The van der Waals surface area contributed by atoms with E-state index in [4.69, 9.17) is 4.74 Å². The maximum absolute atomic E-state index is 12.4. The molecule has 0 aliphatic carbocycles. The first-order chi connectivity index (χ1) is 13.2. The van der Waals surface area contributed by atoms with E-state index in [9.17, 15) is 4.79 Å². The molecular weight excluding hydrogens is 344 g/mol. The average Bonchev–Trinajstić information content (AvgIpc) is 3.10. The first-order valence-corrected chi connectivity index (χ1v) is 9.02. The molecule has 1 fully saturated rings. The van der Waals surface area contributed by atoms with Crippen molar-refractivity contribution in [3.05, 3.63) is 48.0 Å². The van der Waals surface area contributed by atoms with Gasteiger partial charge in [-0.1, -0.05) is 6.07 Å². The number of benzene rings is 1. The Morgan fingerprint density at radius 2 is 1.96 bits per heavy atom. The molecule has 8 heteroatoms. The van der Waals surface area contributed by atoms with Crippen molar-refractivity contribution in [2.24, 2.45) is 0 Å². The Hall–Kier alpha value is -3.00. The summed E-state index contributed by atoms with van der Waals surface area (Å²) in [6.07, 6.45) is 3.46. The normalized spacial score (nSPS) is 14.7. The number of fused-ring (bicyclic) bond motifs is 1. The zero-order chi connectivity index (χ0) is 18.6. The number of anilines is 1. The van der Waals surface area contributed by atoms with Gasteiger partial charge in [0.1, 0.15) is 19.0 Å². The lowest BCUT2D eigenvalue weighted by molar-refractivity contribution is -0.136. The maximum atomic E-state index is 12.4. The van der Waals surface area contributed by atoms with Crippen molar-refractivity contribution in [1.29, 1.82) is 0 Å². The van der Waals surface area contributed by atoms with Gasteiger partial charge in [-0.2, -0.15) is 0 Å². The van der Waals surface area contributed by atoms with Crippen LogP contribution in [0.15, 0.2) is 36.7 Å². The lowest BCUT2D eigenvalue weighted by atomic mass is 10.2. The van der Waals surface area contributed by atoms with Crippen molar-refractivity contribution in [3.63, 3.8) is 0 Å². The fraction of sp³-hybridized carbons (Fsp3) is 0.368. The number of rotatable bonds is 5. The van der Waals surface area contributed by atoms with Crippen LogP contribution in [0.25, 0.3) is 11.0 Å². The Morgan fingerprint density at radius 3 is 2.74 bits per heavy atom. The first-order valence-electron chi connectivity index (χ1n) is 9.02. The van der Waals surface area contributed by atoms with Crippen molar-refractivity contribution in [1.82, 2.24) is 24.8 Å². The second kappa shape index (κ2) is 7.71. The maximum Gasteiger partial charge on any atom is 0.248 e. The summed E-state index contributed by atoms with van der Waals surface area (Å²) in [7, 11) is 0. The number of nitrogens with zero attached hydrogens (tertiary/aromatic N) is 5. The van der Waals surface area contributed by atoms with Crippen LogP contribution in [0.1, 0.15) is 11.4 Å². The van der Waals surface area contributed by atoms with E-state index in [1.807, 2.05) is 30.0 Å². The van der Waals surface area contributed by atoms with E-state index in [0.29, 0.717) is 19.0 Å². The van der Waals surface area contributed by atoms with Crippen LogP contribution in [0.3, 0.4) is 0 Å². The predicted molar refractivity (Wildman–Crippen MR) is 101 cm³/mol. The molecular formula is C19H22N6O2. The van der Waals surface area contributed by atoms with E-state index in [1.54, 1.807) is 18.5 Å². The van der Waals surface area contributed by atoms with E-state index in [2.05, 4.69) is 24.8 Å². The molecule has 0 unspecified atom stereocenters. The van der Waals surface area contributed by atoms with Crippen LogP contribution in [-0.4, -0.2) is 63.5 Å². The third kappa shape index (κ3) is 4.06. The number of imidazole rings is 1. The van der Waals surface area contributed by atoms with Gasteiger partial charge in [-0.05, 0) is 30.7 Å². The summed E-state index contributed by atoms with van der Waals surface area (Å²) in [6, 6.07) is 7.85. The van der Waals surface area contributed by atoms with Crippen molar-refractivity contribution in [2.45, 2.75) is 13.5 Å². The summed E-state index contributed by atoms with van der Waals surface area (Å²) in [6.45, 7) is 5.11. The number of aromatic nitrogens is 4. The molecule has 140 valence electrons. The summed E-state index contributed by atoms with van der Waals surface area (Å²) in [5, 5.41) is 0. The molecule has 0 saturated carbocycles. The fourth-order valence-electron chi connectivity index (χ4n) is 3.18. The lowest BCUT2D eigenvalue weighted by Gasteiger charge is -2.34. The van der Waals surface area contributed by atoms with Crippen LogP contribution >= 0.6 is 0 Å². The van der Waals surface area contributed by atoms with Crippen LogP contribution in [0, 0.1) is 6.92 Å². The van der Waals surface area contributed by atoms with Crippen LogP contribution in [0.2, 0.25) is 0 Å². The van der Waals surface area contributed by atoms with Gasteiger partial charge in [0.15, 0.2) is 0 Å². The molecule has 1 N–H and O–H groups in total. The minimum atomic E-state index is -0.00409. The molecule has 2 aromatic heterocycles. The highest BCUT2D eigenvalue weighted by Crippen LogP contribution is 2.14.